The molecule has 0 spiro atoms. The van der Waals surface area contributed by atoms with Gasteiger partial charge < -0.3 is 5.32 Å². The Labute approximate surface area is 132 Å². The monoisotopic (exact) mass is 343 g/mol. The first-order chi connectivity index (χ1) is 9.94. The molecule has 2 heterocycles. The summed E-state index contributed by atoms with van der Waals surface area (Å²) >= 11 is 2.82. The maximum atomic E-state index is 12.4. The number of aromatic nitrogens is 1. The summed E-state index contributed by atoms with van der Waals surface area (Å²) in [6.07, 6.45) is 2.45. The van der Waals surface area contributed by atoms with Gasteiger partial charge in [-0.15, -0.1) is 22.7 Å². The Morgan fingerprint density at radius 1 is 1.38 bits per heavy atom. The van der Waals surface area contributed by atoms with E-state index in [0.29, 0.717) is 16.1 Å². The quantitative estimate of drug-likeness (QED) is 0.846. The van der Waals surface area contributed by atoms with E-state index in [-0.39, 0.29) is 0 Å². The Kier molecular flexibility index (Phi) is 4.04. The minimum atomic E-state index is -3.55. The second kappa shape index (κ2) is 5.68. The first-order valence-electron chi connectivity index (χ1n) is 6.72. The van der Waals surface area contributed by atoms with Crippen LogP contribution in [0.25, 0.3) is 0 Å². The first kappa shape index (κ1) is 15.0. The molecular formula is C13H17N3O2S3. The second-order valence-corrected chi connectivity index (χ2v) is 9.04. The number of hydrogen-bond acceptors (Lipinski definition) is 6. The summed E-state index contributed by atoms with van der Waals surface area (Å²) in [6.45, 7) is 4.42. The van der Waals surface area contributed by atoms with Crippen molar-refractivity contribution in [2.45, 2.75) is 44.2 Å². The summed E-state index contributed by atoms with van der Waals surface area (Å²) in [7, 11) is -3.55. The molecule has 8 heteroatoms. The van der Waals surface area contributed by atoms with Gasteiger partial charge in [-0.2, -0.15) is 0 Å². The number of nitrogens with zero attached hydrogens (tertiary/aromatic N) is 1. The Morgan fingerprint density at radius 3 is 2.76 bits per heavy atom. The van der Waals surface area contributed by atoms with Gasteiger partial charge in [0.05, 0.1) is 5.69 Å². The van der Waals surface area contributed by atoms with Gasteiger partial charge in [-0.25, -0.2) is 13.4 Å². The molecule has 0 atom stereocenters. The molecule has 0 radical (unpaired) electrons. The lowest BCUT2D eigenvalue weighted by atomic mass is 10.4. The summed E-state index contributed by atoms with van der Waals surface area (Å²) in [5.41, 5.74) is 0.814. The van der Waals surface area contributed by atoms with Crippen LogP contribution >= 0.6 is 22.7 Å². The molecule has 21 heavy (non-hydrogen) atoms. The van der Waals surface area contributed by atoms with Gasteiger partial charge in [-0.3, -0.25) is 4.72 Å². The van der Waals surface area contributed by atoms with Gasteiger partial charge in [-0.1, -0.05) is 0 Å². The number of thiophene rings is 1. The summed E-state index contributed by atoms with van der Waals surface area (Å²) in [5, 5.41) is 5.64. The molecule has 0 bridgehead atoms. The van der Waals surface area contributed by atoms with Crippen molar-refractivity contribution in [2.75, 3.05) is 4.72 Å². The summed E-state index contributed by atoms with van der Waals surface area (Å²) in [4.78, 5) is 6.36. The van der Waals surface area contributed by atoms with Crippen LogP contribution in [0.4, 0.5) is 5.13 Å². The van der Waals surface area contributed by atoms with Crippen molar-refractivity contribution >= 4 is 37.8 Å². The fraction of sp³-hybridized carbons (Fsp3) is 0.462. The molecule has 114 valence electrons. The molecule has 1 saturated carbocycles. The summed E-state index contributed by atoms with van der Waals surface area (Å²) in [5.74, 6) is 0. The van der Waals surface area contributed by atoms with Gasteiger partial charge in [-0.05, 0) is 32.8 Å². The van der Waals surface area contributed by atoms with Gasteiger partial charge in [0, 0.05) is 27.7 Å². The van der Waals surface area contributed by atoms with Crippen LogP contribution < -0.4 is 10.0 Å². The number of anilines is 1. The third kappa shape index (κ3) is 3.63. The lowest BCUT2D eigenvalue weighted by Crippen LogP contribution is -2.15. The number of aryl methyl sites for hydroxylation is 2. The highest BCUT2D eigenvalue weighted by molar-refractivity contribution is 7.93. The van der Waals surface area contributed by atoms with Crippen LogP contribution in [0.3, 0.4) is 0 Å². The summed E-state index contributed by atoms with van der Waals surface area (Å²) < 4.78 is 27.4. The predicted octanol–water partition coefficient (Wildman–Crippen LogP) is 2.87. The van der Waals surface area contributed by atoms with E-state index in [1.54, 1.807) is 6.07 Å². The molecule has 0 aromatic carbocycles. The Hall–Kier alpha value is -0.960. The molecule has 0 saturated heterocycles. The van der Waals surface area contributed by atoms with Gasteiger partial charge in [0.25, 0.3) is 10.0 Å². The summed E-state index contributed by atoms with van der Waals surface area (Å²) in [6, 6.07) is 2.38. The van der Waals surface area contributed by atoms with Crippen LogP contribution in [0.15, 0.2) is 16.3 Å². The topological polar surface area (TPSA) is 71.1 Å². The molecular weight excluding hydrogens is 326 g/mol. The minimum Gasteiger partial charge on any atom is -0.309 e. The highest BCUT2D eigenvalue weighted by Gasteiger charge is 2.23. The molecule has 0 unspecified atom stereocenters. The fourth-order valence-corrected chi connectivity index (χ4v) is 5.51. The lowest BCUT2D eigenvalue weighted by Gasteiger charge is -2.03. The highest BCUT2D eigenvalue weighted by Crippen LogP contribution is 2.29. The zero-order valence-corrected chi connectivity index (χ0v) is 14.3. The molecule has 2 aromatic heterocycles. The molecule has 5 nitrogen and oxygen atoms in total. The average Bonchev–Trinajstić information content (AvgIpc) is 3.03. The Bertz CT molecular complexity index is 745. The van der Waals surface area contributed by atoms with Crippen LogP contribution in [-0.4, -0.2) is 19.4 Å². The maximum absolute atomic E-state index is 12.4. The Balaban J connectivity index is 1.77. The van der Waals surface area contributed by atoms with Gasteiger partial charge in [0.1, 0.15) is 4.90 Å². The van der Waals surface area contributed by atoms with E-state index in [4.69, 9.17) is 0 Å². The maximum Gasteiger partial charge on any atom is 0.264 e. The molecule has 2 aromatic rings. The molecule has 0 amide bonds. The molecule has 1 aliphatic carbocycles. The van der Waals surface area contributed by atoms with Crippen molar-refractivity contribution in [3.63, 3.8) is 0 Å². The van der Waals surface area contributed by atoms with Crippen LogP contribution in [0.5, 0.6) is 0 Å². The predicted molar refractivity (Wildman–Crippen MR) is 86.6 cm³/mol. The largest absolute Gasteiger partial charge is 0.309 e. The number of sulfonamides is 1. The van der Waals surface area contributed by atoms with Crippen molar-refractivity contribution < 1.29 is 8.42 Å². The number of thiazole rings is 1. The highest BCUT2D eigenvalue weighted by atomic mass is 32.2. The van der Waals surface area contributed by atoms with Crippen LogP contribution in [0.2, 0.25) is 0 Å². The van der Waals surface area contributed by atoms with Crippen LogP contribution in [0, 0.1) is 13.8 Å². The number of hydrogen-bond donors (Lipinski definition) is 2. The van der Waals surface area contributed by atoms with Crippen LogP contribution in [0.1, 0.15) is 28.3 Å². The van der Waals surface area contributed by atoms with E-state index < -0.39 is 10.0 Å². The standard InChI is InChI=1S/C13H17N3O2S3/c1-8-7-19-13(15-8)16-21(17,18)12-5-11(20-9(12)2)6-14-10-3-4-10/h5,7,10,14H,3-4,6H2,1-2H3,(H,15,16). The van der Waals surface area contributed by atoms with E-state index in [1.807, 2.05) is 19.2 Å². The average molecular weight is 343 g/mol. The zero-order valence-electron chi connectivity index (χ0n) is 11.8. The van der Waals surface area contributed by atoms with E-state index in [2.05, 4.69) is 15.0 Å². The lowest BCUT2D eigenvalue weighted by molar-refractivity contribution is 0.601. The number of nitrogens with one attached hydrogen (secondary N) is 2. The van der Waals surface area contributed by atoms with Gasteiger partial charge >= 0.3 is 0 Å². The molecule has 1 fully saturated rings. The second-order valence-electron chi connectivity index (χ2n) is 5.19. The van der Waals surface area contributed by atoms with Gasteiger partial charge in [0.2, 0.25) is 0 Å². The Morgan fingerprint density at radius 2 is 2.14 bits per heavy atom. The third-order valence-electron chi connectivity index (χ3n) is 3.20. The van der Waals surface area contributed by atoms with E-state index in [9.17, 15) is 8.42 Å². The van der Waals surface area contributed by atoms with Crippen molar-refractivity contribution in [2.24, 2.45) is 0 Å². The van der Waals surface area contributed by atoms with E-state index >= 15 is 0 Å². The normalized spacial score (nSPS) is 15.3. The van der Waals surface area contributed by atoms with E-state index in [0.717, 1.165) is 22.0 Å². The third-order valence-corrected chi connectivity index (χ3v) is 6.85. The SMILES string of the molecule is Cc1csc(NS(=O)(=O)c2cc(CNC3CC3)sc2C)n1. The molecule has 2 N–H and O–H groups in total. The molecule has 0 aliphatic heterocycles. The smallest absolute Gasteiger partial charge is 0.264 e. The van der Waals surface area contributed by atoms with Crippen molar-refractivity contribution in [3.05, 3.63) is 26.9 Å². The minimum absolute atomic E-state index is 0.355. The fourth-order valence-electron chi connectivity index (χ4n) is 1.98. The zero-order chi connectivity index (χ0) is 15.0. The number of rotatable bonds is 6. The molecule has 1 aliphatic rings. The van der Waals surface area contributed by atoms with Gasteiger partial charge in [0.15, 0.2) is 5.13 Å². The van der Waals surface area contributed by atoms with E-state index in [1.165, 1.54) is 35.5 Å². The molecule has 3 rings (SSSR count). The van der Waals surface area contributed by atoms with Crippen molar-refractivity contribution in [1.82, 2.24) is 10.3 Å². The van der Waals surface area contributed by atoms with Crippen molar-refractivity contribution in [3.8, 4) is 0 Å². The van der Waals surface area contributed by atoms with Crippen LogP contribution in [-0.2, 0) is 16.6 Å². The van der Waals surface area contributed by atoms with Crippen molar-refractivity contribution in [1.29, 1.82) is 0 Å². The first-order valence-corrected chi connectivity index (χ1v) is 9.89.